The summed E-state index contributed by atoms with van der Waals surface area (Å²) in [5.74, 6) is -0.183. The smallest absolute Gasteiger partial charge is 0.124 e. The SMILES string of the molecule is CCCCCCNCc1cc(F)cc(Br)c1. The van der Waals surface area contributed by atoms with Gasteiger partial charge in [0.05, 0.1) is 0 Å². The molecule has 0 radical (unpaired) electrons. The topological polar surface area (TPSA) is 12.0 Å². The molecule has 0 atom stereocenters. The van der Waals surface area contributed by atoms with Crippen molar-refractivity contribution in [1.82, 2.24) is 5.32 Å². The lowest BCUT2D eigenvalue weighted by Gasteiger charge is -2.05. The van der Waals surface area contributed by atoms with Crippen LogP contribution in [0, 0.1) is 5.82 Å². The minimum atomic E-state index is -0.183. The van der Waals surface area contributed by atoms with Crippen molar-refractivity contribution in [3.63, 3.8) is 0 Å². The highest BCUT2D eigenvalue weighted by Crippen LogP contribution is 2.14. The first kappa shape index (κ1) is 13.7. The minimum Gasteiger partial charge on any atom is -0.313 e. The van der Waals surface area contributed by atoms with E-state index in [2.05, 4.69) is 28.2 Å². The van der Waals surface area contributed by atoms with E-state index in [-0.39, 0.29) is 5.82 Å². The first-order chi connectivity index (χ1) is 7.72. The van der Waals surface area contributed by atoms with Crippen LogP contribution in [0.5, 0.6) is 0 Å². The predicted molar refractivity (Wildman–Crippen MR) is 69.9 cm³/mol. The zero-order valence-corrected chi connectivity index (χ0v) is 11.3. The highest BCUT2D eigenvalue weighted by atomic mass is 79.9. The van der Waals surface area contributed by atoms with E-state index in [1.54, 1.807) is 6.07 Å². The zero-order valence-electron chi connectivity index (χ0n) is 9.73. The molecular formula is C13H19BrFN. The van der Waals surface area contributed by atoms with Gasteiger partial charge < -0.3 is 5.32 Å². The third-order valence-corrected chi connectivity index (χ3v) is 2.92. The van der Waals surface area contributed by atoms with Crippen LogP contribution in [0.4, 0.5) is 4.39 Å². The molecule has 90 valence electrons. The van der Waals surface area contributed by atoms with Crippen LogP contribution in [-0.4, -0.2) is 6.54 Å². The van der Waals surface area contributed by atoms with E-state index in [1.165, 1.54) is 31.7 Å². The maximum Gasteiger partial charge on any atom is 0.124 e. The highest BCUT2D eigenvalue weighted by molar-refractivity contribution is 9.10. The van der Waals surface area contributed by atoms with Gasteiger partial charge in [0.25, 0.3) is 0 Å². The molecule has 0 aliphatic heterocycles. The Hall–Kier alpha value is -0.410. The van der Waals surface area contributed by atoms with Gasteiger partial charge >= 0.3 is 0 Å². The Bertz CT molecular complexity index is 295. The van der Waals surface area contributed by atoms with E-state index in [4.69, 9.17) is 0 Å². The predicted octanol–water partition coefficient (Wildman–Crippen LogP) is 4.26. The standard InChI is InChI=1S/C13H19BrFN/c1-2-3-4-5-6-16-10-11-7-12(14)9-13(15)8-11/h7-9,16H,2-6,10H2,1H3. The van der Waals surface area contributed by atoms with Crippen molar-refractivity contribution in [2.75, 3.05) is 6.54 Å². The fourth-order valence-electron chi connectivity index (χ4n) is 1.62. The van der Waals surface area contributed by atoms with Gasteiger partial charge in [-0.3, -0.25) is 0 Å². The van der Waals surface area contributed by atoms with Gasteiger partial charge in [0.15, 0.2) is 0 Å². The number of benzene rings is 1. The van der Waals surface area contributed by atoms with Gasteiger partial charge in [0.1, 0.15) is 5.82 Å². The van der Waals surface area contributed by atoms with Crippen molar-refractivity contribution in [3.05, 3.63) is 34.1 Å². The van der Waals surface area contributed by atoms with E-state index in [9.17, 15) is 4.39 Å². The summed E-state index contributed by atoms with van der Waals surface area (Å²) in [5, 5.41) is 3.33. The van der Waals surface area contributed by atoms with Crippen molar-refractivity contribution in [2.45, 2.75) is 39.2 Å². The summed E-state index contributed by atoms with van der Waals surface area (Å²) >= 11 is 3.29. The third kappa shape index (κ3) is 5.61. The maximum absolute atomic E-state index is 13.0. The van der Waals surface area contributed by atoms with Crippen LogP contribution < -0.4 is 5.32 Å². The monoisotopic (exact) mass is 287 g/mol. The summed E-state index contributed by atoms with van der Waals surface area (Å²) in [6.45, 7) is 3.95. The van der Waals surface area contributed by atoms with Crippen LogP contribution in [0.1, 0.15) is 38.2 Å². The maximum atomic E-state index is 13.0. The van der Waals surface area contributed by atoms with E-state index in [0.717, 1.165) is 23.1 Å². The molecule has 1 rings (SSSR count). The lowest BCUT2D eigenvalue weighted by Crippen LogP contribution is -2.14. The second kappa shape index (κ2) is 7.80. The summed E-state index contributed by atoms with van der Waals surface area (Å²) in [6.07, 6.45) is 5.03. The zero-order chi connectivity index (χ0) is 11.8. The Morgan fingerprint density at radius 2 is 2.00 bits per heavy atom. The number of unbranched alkanes of at least 4 members (excludes halogenated alkanes) is 3. The van der Waals surface area contributed by atoms with Gasteiger partial charge in [-0.25, -0.2) is 4.39 Å². The molecule has 0 aliphatic rings. The van der Waals surface area contributed by atoms with Crippen LogP contribution in [0.2, 0.25) is 0 Å². The van der Waals surface area contributed by atoms with Crippen LogP contribution >= 0.6 is 15.9 Å². The molecule has 0 aliphatic carbocycles. The lowest BCUT2D eigenvalue weighted by atomic mass is 10.2. The molecule has 1 aromatic carbocycles. The van der Waals surface area contributed by atoms with Crippen molar-refractivity contribution < 1.29 is 4.39 Å². The largest absolute Gasteiger partial charge is 0.313 e. The molecule has 1 nitrogen and oxygen atoms in total. The van der Waals surface area contributed by atoms with Crippen molar-refractivity contribution in [3.8, 4) is 0 Å². The normalized spacial score (nSPS) is 10.7. The summed E-state index contributed by atoms with van der Waals surface area (Å²) in [4.78, 5) is 0. The van der Waals surface area contributed by atoms with Gasteiger partial charge in [-0.2, -0.15) is 0 Å². The number of halogens is 2. The molecule has 0 saturated heterocycles. The molecule has 16 heavy (non-hydrogen) atoms. The Morgan fingerprint density at radius 3 is 2.69 bits per heavy atom. The van der Waals surface area contributed by atoms with Gasteiger partial charge in [-0.15, -0.1) is 0 Å². The molecule has 0 amide bonds. The molecule has 0 spiro atoms. The fourth-order valence-corrected chi connectivity index (χ4v) is 2.14. The second-order valence-corrected chi connectivity index (χ2v) is 4.93. The molecule has 0 aromatic heterocycles. The molecule has 0 saturated carbocycles. The first-order valence-electron chi connectivity index (χ1n) is 5.88. The number of hydrogen-bond donors (Lipinski definition) is 1. The number of hydrogen-bond acceptors (Lipinski definition) is 1. The van der Waals surface area contributed by atoms with Crippen molar-refractivity contribution >= 4 is 15.9 Å². The number of rotatable bonds is 7. The van der Waals surface area contributed by atoms with E-state index < -0.39 is 0 Å². The summed E-state index contributed by atoms with van der Waals surface area (Å²) < 4.78 is 13.8. The average molecular weight is 288 g/mol. The van der Waals surface area contributed by atoms with Crippen LogP contribution in [0.15, 0.2) is 22.7 Å². The molecular weight excluding hydrogens is 269 g/mol. The van der Waals surface area contributed by atoms with Crippen LogP contribution in [0.3, 0.4) is 0 Å². The Balaban J connectivity index is 2.21. The molecule has 0 heterocycles. The Kier molecular flexibility index (Phi) is 6.65. The van der Waals surface area contributed by atoms with Gasteiger partial charge in [0.2, 0.25) is 0 Å². The fraction of sp³-hybridized carbons (Fsp3) is 0.538. The third-order valence-electron chi connectivity index (χ3n) is 2.46. The molecule has 1 aromatic rings. The molecule has 3 heteroatoms. The molecule has 0 fully saturated rings. The van der Waals surface area contributed by atoms with Crippen molar-refractivity contribution in [1.29, 1.82) is 0 Å². The summed E-state index contributed by atoms with van der Waals surface area (Å²) in [5.41, 5.74) is 0.988. The van der Waals surface area contributed by atoms with E-state index in [0.29, 0.717) is 0 Å². The van der Waals surface area contributed by atoms with Crippen LogP contribution in [-0.2, 0) is 6.54 Å². The number of nitrogens with one attached hydrogen (secondary N) is 1. The Labute approximate surface area is 106 Å². The lowest BCUT2D eigenvalue weighted by molar-refractivity contribution is 0.592. The second-order valence-electron chi connectivity index (χ2n) is 4.02. The average Bonchev–Trinajstić information content (AvgIpc) is 2.22. The summed E-state index contributed by atoms with van der Waals surface area (Å²) in [6, 6.07) is 5.00. The molecule has 0 bridgehead atoms. The van der Waals surface area contributed by atoms with Gasteiger partial charge in [-0.1, -0.05) is 42.1 Å². The van der Waals surface area contributed by atoms with Crippen molar-refractivity contribution in [2.24, 2.45) is 0 Å². The highest BCUT2D eigenvalue weighted by Gasteiger charge is 1.98. The molecule has 1 N–H and O–H groups in total. The molecule has 0 unspecified atom stereocenters. The minimum absolute atomic E-state index is 0.183. The van der Waals surface area contributed by atoms with Crippen LogP contribution in [0.25, 0.3) is 0 Å². The quantitative estimate of drug-likeness (QED) is 0.739. The van der Waals surface area contributed by atoms with Gasteiger partial charge in [-0.05, 0) is 36.7 Å². The summed E-state index contributed by atoms with van der Waals surface area (Å²) in [7, 11) is 0. The van der Waals surface area contributed by atoms with E-state index in [1.807, 2.05) is 6.07 Å². The van der Waals surface area contributed by atoms with Gasteiger partial charge in [0, 0.05) is 11.0 Å². The Morgan fingerprint density at radius 1 is 1.19 bits per heavy atom. The first-order valence-corrected chi connectivity index (χ1v) is 6.67. The van der Waals surface area contributed by atoms with E-state index >= 15 is 0 Å².